The Balaban J connectivity index is 1.30. The molecule has 2 aliphatic heterocycles. The highest BCUT2D eigenvalue weighted by atomic mass is 16.2. The van der Waals surface area contributed by atoms with E-state index in [1.807, 2.05) is 12.4 Å². The largest absolute Gasteiger partial charge is 0.335 e. The lowest BCUT2D eigenvalue weighted by Crippen LogP contribution is -2.42. The van der Waals surface area contributed by atoms with E-state index in [-0.39, 0.29) is 5.91 Å². The predicted molar refractivity (Wildman–Crippen MR) is 103 cm³/mol. The van der Waals surface area contributed by atoms with Gasteiger partial charge in [-0.1, -0.05) is 12.8 Å². The number of hydrogen-bond acceptors (Lipinski definition) is 3. The number of rotatable bonds is 2. The van der Waals surface area contributed by atoms with E-state index < -0.39 is 0 Å². The number of hydrogen-bond donors (Lipinski definition) is 0. The van der Waals surface area contributed by atoms with Gasteiger partial charge in [0.2, 0.25) is 0 Å². The van der Waals surface area contributed by atoms with Crippen LogP contribution in [0, 0.1) is 17.8 Å². The van der Waals surface area contributed by atoms with Crippen LogP contribution in [0.2, 0.25) is 0 Å². The Kier molecular flexibility index (Phi) is 3.60. The lowest BCUT2D eigenvalue weighted by molar-refractivity contribution is 0.0632. The van der Waals surface area contributed by atoms with Gasteiger partial charge in [0.15, 0.2) is 5.65 Å². The molecule has 142 valence electrons. The molecule has 2 aromatic rings. The summed E-state index contributed by atoms with van der Waals surface area (Å²) in [4.78, 5) is 24.8. The highest BCUT2D eigenvalue weighted by Crippen LogP contribution is 2.47. The number of carbonyl (C=O) groups is 1. The molecule has 5 heteroatoms. The van der Waals surface area contributed by atoms with Crippen LogP contribution in [0.25, 0.3) is 11.2 Å². The van der Waals surface area contributed by atoms with Crippen molar-refractivity contribution < 1.29 is 4.79 Å². The molecule has 2 saturated heterocycles. The van der Waals surface area contributed by atoms with Crippen LogP contribution in [0.5, 0.6) is 0 Å². The Bertz CT molecular complexity index is 870. The Labute approximate surface area is 160 Å². The second-order valence-electron chi connectivity index (χ2n) is 9.54. The van der Waals surface area contributed by atoms with E-state index in [0.717, 1.165) is 35.1 Å². The molecular formula is C22H28N4O. The van der Waals surface area contributed by atoms with Gasteiger partial charge in [-0.3, -0.25) is 4.79 Å². The summed E-state index contributed by atoms with van der Waals surface area (Å²) in [7, 11) is 0. The smallest absolute Gasteiger partial charge is 0.255 e. The van der Waals surface area contributed by atoms with Crippen molar-refractivity contribution in [2.24, 2.45) is 17.8 Å². The Morgan fingerprint density at radius 1 is 0.926 bits per heavy atom. The summed E-state index contributed by atoms with van der Waals surface area (Å²) in [5.41, 5.74) is 2.53. The summed E-state index contributed by atoms with van der Waals surface area (Å²) in [6.45, 7) is 0.949. The molecule has 5 nitrogen and oxygen atoms in total. The van der Waals surface area contributed by atoms with Crippen molar-refractivity contribution in [3.8, 4) is 0 Å². The molecule has 5 aliphatic rings. The molecule has 0 aromatic carbocycles. The van der Waals surface area contributed by atoms with Gasteiger partial charge in [-0.05, 0) is 68.8 Å². The van der Waals surface area contributed by atoms with Crippen LogP contribution in [0.4, 0.5) is 0 Å². The zero-order valence-electron chi connectivity index (χ0n) is 15.9. The number of aromatic nitrogens is 3. The maximum Gasteiger partial charge on any atom is 0.255 e. The normalized spacial score (nSPS) is 33.1. The zero-order valence-corrected chi connectivity index (χ0v) is 15.9. The average Bonchev–Trinajstić information content (AvgIpc) is 3.29. The van der Waals surface area contributed by atoms with Gasteiger partial charge in [0.05, 0.1) is 11.9 Å². The number of imidazole rings is 1. The van der Waals surface area contributed by atoms with Gasteiger partial charge >= 0.3 is 0 Å². The molecule has 2 unspecified atom stereocenters. The maximum atomic E-state index is 13.4. The van der Waals surface area contributed by atoms with Gasteiger partial charge in [0.25, 0.3) is 5.91 Å². The third-order valence-electron chi connectivity index (χ3n) is 7.75. The third kappa shape index (κ3) is 2.61. The number of nitrogens with zero attached hydrogens (tertiary/aromatic N) is 4. The van der Waals surface area contributed by atoms with Crippen LogP contribution >= 0.6 is 0 Å². The van der Waals surface area contributed by atoms with Crippen LogP contribution in [-0.2, 0) is 0 Å². The van der Waals surface area contributed by atoms with Crippen LogP contribution in [-0.4, -0.2) is 37.9 Å². The summed E-state index contributed by atoms with van der Waals surface area (Å²) in [6.07, 6.45) is 15.2. The maximum absolute atomic E-state index is 13.4. The summed E-state index contributed by atoms with van der Waals surface area (Å²) in [6, 6.07) is 2.95. The second kappa shape index (κ2) is 6.05. The molecule has 2 atom stereocenters. The molecule has 4 heterocycles. The Morgan fingerprint density at radius 2 is 1.67 bits per heavy atom. The monoisotopic (exact) mass is 364 g/mol. The van der Waals surface area contributed by atoms with Crippen molar-refractivity contribution in [3.05, 3.63) is 24.2 Å². The first-order chi connectivity index (χ1) is 13.2. The van der Waals surface area contributed by atoms with Crippen molar-refractivity contribution in [1.82, 2.24) is 19.4 Å². The molecule has 5 fully saturated rings. The minimum absolute atomic E-state index is 0.179. The van der Waals surface area contributed by atoms with Crippen LogP contribution in [0.1, 0.15) is 74.2 Å². The number of amides is 1. The third-order valence-corrected chi connectivity index (χ3v) is 7.75. The van der Waals surface area contributed by atoms with Gasteiger partial charge in [-0.25, -0.2) is 9.97 Å². The SMILES string of the molecule is O=C(c1cnc2c(c1)ncn2C1CCCC1)N1CC2CC3CC(C2)CC1C3. The van der Waals surface area contributed by atoms with Gasteiger partial charge < -0.3 is 9.47 Å². The van der Waals surface area contributed by atoms with E-state index in [9.17, 15) is 4.79 Å². The summed E-state index contributed by atoms with van der Waals surface area (Å²) >= 11 is 0. The molecule has 0 radical (unpaired) electrons. The van der Waals surface area contributed by atoms with Crippen LogP contribution in [0.3, 0.4) is 0 Å². The molecule has 27 heavy (non-hydrogen) atoms. The first-order valence-electron chi connectivity index (χ1n) is 10.9. The number of fused-ring (bicyclic) bond motifs is 2. The van der Waals surface area contributed by atoms with Gasteiger partial charge in [0, 0.05) is 24.8 Å². The average molecular weight is 364 g/mol. The van der Waals surface area contributed by atoms with E-state index in [1.165, 1.54) is 57.8 Å². The van der Waals surface area contributed by atoms with Crippen molar-refractivity contribution in [1.29, 1.82) is 0 Å². The lowest BCUT2D eigenvalue weighted by atomic mass is 9.68. The summed E-state index contributed by atoms with van der Waals surface area (Å²) < 4.78 is 2.23. The second-order valence-corrected chi connectivity index (χ2v) is 9.54. The van der Waals surface area contributed by atoms with E-state index >= 15 is 0 Å². The molecular weight excluding hydrogens is 336 g/mol. The van der Waals surface area contributed by atoms with Crippen molar-refractivity contribution in [3.63, 3.8) is 0 Å². The fourth-order valence-electron chi connectivity index (χ4n) is 6.68. The lowest BCUT2D eigenvalue weighted by Gasteiger charge is -2.39. The van der Waals surface area contributed by atoms with Gasteiger partial charge in [-0.15, -0.1) is 0 Å². The van der Waals surface area contributed by atoms with Crippen LogP contribution < -0.4 is 0 Å². The Morgan fingerprint density at radius 3 is 2.44 bits per heavy atom. The molecule has 0 spiro atoms. The van der Waals surface area contributed by atoms with E-state index in [1.54, 1.807) is 6.20 Å². The van der Waals surface area contributed by atoms with Gasteiger partial charge in [0.1, 0.15) is 5.52 Å². The minimum Gasteiger partial charge on any atom is -0.335 e. The first kappa shape index (κ1) is 16.1. The fourth-order valence-corrected chi connectivity index (χ4v) is 6.68. The van der Waals surface area contributed by atoms with Crippen LogP contribution in [0.15, 0.2) is 18.6 Å². The first-order valence-corrected chi connectivity index (χ1v) is 10.9. The number of pyridine rings is 1. The zero-order chi connectivity index (χ0) is 18.0. The molecule has 0 N–H and O–H groups in total. The standard InChI is InChI=1S/C22H28N4O/c27-22(25-12-16-6-14-5-15(7-16)9-19(25)8-14)17-10-20-21(23-11-17)26(13-24-20)18-3-1-2-4-18/h10-11,13-16,18-19H,1-9,12H2. The summed E-state index contributed by atoms with van der Waals surface area (Å²) in [5, 5.41) is 0. The molecule has 1 amide bonds. The highest BCUT2D eigenvalue weighted by molar-refractivity contribution is 5.96. The molecule has 2 aromatic heterocycles. The Hall–Kier alpha value is -1.91. The fraction of sp³-hybridized carbons (Fsp3) is 0.682. The molecule has 7 rings (SSSR count). The van der Waals surface area contributed by atoms with Crippen molar-refractivity contribution in [2.45, 2.75) is 69.9 Å². The van der Waals surface area contributed by atoms with Gasteiger partial charge in [-0.2, -0.15) is 0 Å². The van der Waals surface area contributed by atoms with Crippen molar-refractivity contribution >= 4 is 17.1 Å². The molecule has 3 saturated carbocycles. The topological polar surface area (TPSA) is 51.0 Å². The predicted octanol–water partition coefficient (Wildman–Crippen LogP) is 4.20. The molecule has 3 aliphatic carbocycles. The van der Waals surface area contributed by atoms with E-state index in [0.29, 0.717) is 18.0 Å². The summed E-state index contributed by atoms with van der Waals surface area (Å²) in [5.74, 6) is 2.60. The molecule has 4 bridgehead atoms. The number of carbonyl (C=O) groups excluding carboxylic acids is 1. The van der Waals surface area contributed by atoms with Crippen molar-refractivity contribution in [2.75, 3.05) is 6.54 Å². The van der Waals surface area contributed by atoms with E-state index in [4.69, 9.17) is 0 Å². The highest BCUT2D eigenvalue weighted by Gasteiger charge is 2.44. The van der Waals surface area contributed by atoms with E-state index in [2.05, 4.69) is 19.4 Å². The quantitative estimate of drug-likeness (QED) is 0.802. The minimum atomic E-state index is 0.179.